The van der Waals surface area contributed by atoms with Gasteiger partial charge < -0.3 is 4.90 Å². The summed E-state index contributed by atoms with van der Waals surface area (Å²) in [4.78, 5) is 16.9. The van der Waals surface area contributed by atoms with Crippen molar-refractivity contribution in [3.05, 3.63) is 42.0 Å². The minimum Gasteiger partial charge on any atom is -0.340 e. The van der Waals surface area contributed by atoms with Crippen LogP contribution in [0.2, 0.25) is 0 Å². The van der Waals surface area contributed by atoms with E-state index in [1.54, 1.807) is 0 Å². The van der Waals surface area contributed by atoms with E-state index in [4.69, 9.17) is 0 Å². The molecule has 1 aliphatic carbocycles. The van der Waals surface area contributed by atoms with Gasteiger partial charge in [0.2, 0.25) is 5.91 Å². The van der Waals surface area contributed by atoms with Gasteiger partial charge in [0.05, 0.1) is 0 Å². The van der Waals surface area contributed by atoms with Gasteiger partial charge >= 0.3 is 0 Å². The molecule has 1 aromatic rings. The monoisotopic (exact) mass is 312 g/mol. The summed E-state index contributed by atoms with van der Waals surface area (Å²) in [6, 6.07) is 10.4. The Labute approximate surface area is 140 Å². The summed E-state index contributed by atoms with van der Waals surface area (Å²) < 4.78 is 0. The number of amides is 1. The Hall–Kier alpha value is -1.61. The molecule has 0 bridgehead atoms. The predicted molar refractivity (Wildman–Crippen MR) is 95.1 cm³/mol. The Kier molecular flexibility index (Phi) is 5.87. The van der Waals surface area contributed by atoms with Crippen molar-refractivity contribution in [1.82, 2.24) is 9.80 Å². The summed E-state index contributed by atoms with van der Waals surface area (Å²) in [5.41, 5.74) is 1.25. The van der Waals surface area contributed by atoms with Gasteiger partial charge in [-0.3, -0.25) is 9.69 Å². The largest absolute Gasteiger partial charge is 0.340 e. The molecule has 0 atom stereocenters. The highest BCUT2D eigenvalue weighted by Crippen LogP contribution is 2.28. The van der Waals surface area contributed by atoms with E-state index in [2.05, 4.69) is 46.2 Å². The van der Waals surface area contributed by atoms with Gasteiger partial charge in [-0.2, -0.15) is 0 Å². The molecule has 2 aliphatic rings. The average molecular weight is 312 g/mol. The maximum Gasteiger partial charge on any atom is 0.222 e. The minimum atomic E-state index is 0.386. The molecule has 1 saturated carbocycles. The number of benzene rings is 1. The van der Waals surface area contributed by atoms with Gasteiger partial charge in [-0.1, -0.05) is 55.3 Å². The predicted octanol–water partition coefficient (Wildman–Crippen LogP) is 3.42. The second-order valence-corrected chi connectivity index (χ2v) is 6.85. The van der Waals surface area contributed by atoms with Gasteiger partial charge in [0.25, 0.3) is 0 Å². The third kappa shape index (κ3) is 4.93. The Bertz CT molecular complexity index is 512. The van der Waals surface area contributed by atoms with Gasteiger partial charge in [-0.25, -0.2) is 0 Å². The Morgan fingerprint density at radius 2 is 1.74 bits per heavy atom. The molecule has 124 valence electrons. The fourth-order valence-corrected chi connectivity index (χ4v) is 3.67. The van der Waals surface area contributed by atoms with Crippen molar-refractivity contribution in [2.24, 2.45) is 5.92 Å². The van der Waals surface area contributed by atoms with Crippen LogP contribution < -0.4 is 0 Å². The van der Waals surface area contributed by atoms with Crippen molar-refractivity contribution in [3.8, 4) is 0 Å². The molecular weight excluding hydrogens is 284 g/mol. The Morgan fingerprint density at radius 3 is 2.43 bits per heavy atom. The first-order valence-corrected chi connectivity index (χ1v) is 9.03. The van der Waals surface area contributed by atoms with Gasteiger partial charge in [-0.05, 0) is 24.3 Å². The summed E-state index contributed by atoms with van der Waals surface area (Å²) >= 11 is 0. The highest BCUT2D eigenvalue weighted by Gasteiger charge is 2.24. The summed E-state index contributed by atoms with van der Waals surface area (Å²) in [5, 5.41) is 0. The smallest absolute Gasteiger partial charge is 0.222 e. The van der Waals surface area contributed by atoms with Gasteiger partial charge in [0.1, 0.15) is 0 Å². The minimum absolute atomic E-state index is 0.386. The zero-order valence-electron chi connectivity index (χ0n) is 14.0. The average Bonchev–Trinajstić information content (AvgIpc) is 3.09. The van der Waals surface area contributed by atoms with Crippen LogP contribution in [0.1, 0.15) is 37.7 Å². The van der Waals surface area contributed by atoms with E-state index in [-0.39, 0.29) is 0 Å². The molecule has 3 nitrogen and oxygen atoms in total. The van der Waals surface area contributed by atoms with Crippen LogP contribution in [0.15, 0.2) is 36.4 Å². The normalized spacial score (nSPS) is 20.4. The van der Waals surface area contributed by atoms with E-state index in [0.29, 0.717) is 11.8 Å². The van der Waals surface area contributed by atoms with E-state index in [0.717, 1.165) is 39.1 Å². The lowest BCUT2D eigenvalue weighted by atomic mass is 10.0. The lowest BCUT2D eigenvalue weighted by Gasteiger charge is -2.34. The van der Waals surface area contributed by atoms with Crippen LogP contribution in [0.3, 0.4) is 0 Å². The maximum atomic E-state index is 12.4. The molecule has 1 amide bonds. The number of rotatable bonds is 5. The molecule has 0 aromatic heterocycles. The van der Waals surface area contributed by atoms with E-state index >= 15 is 0 Å². The third-order valence-corrected chi connectivity index (χ3v) is 5.14. The Morgan fingerprint density at radius 1 is 1.04 bits per heavy atom. The molecule has 2 fully saturated rings. The summed E-state index contributed by atoms with van der Waals surface area (Å²) in [6.45, 7) is 4.75. The number of nitrogens with zero attached hydrogens (tertiary/aromatic N) is 2. The molecule has 1 saturated heterocycles. The fraction of sp³-hybridized carbons (Fsp3) is 0.550. The van der Waals surface area contributed by atoms with Crippen LogP contribution in [0, 0.1) is 5.92 Å². The summed E-state index contributed by atoms with van der Waals surface area (Å²) in [7, 11) is 0. The van der Waals surface area contributed by atoms with Crippen molar-refractivity contribution >= 4 is 12.0 Å². The van der Waals surface area contributed by atoms with Crippen LogP contribution in [0.25, 0.3) is 6.08 Å². The fourth-order valence-electron chi connectivity index (χ4n) is 3.67. The molecule has 3 rings (SSSR count). The van der Waals surface area contributed by atoms with Crippen molar-refractivity contribution < 1.29 is 4.79 Å². The molecule has 1 aliphatic heterocycles. The van der Waals surface area contributed by atoms with Crippen LogP contribution in [-0.2, 0) is 4.79 Å². The lowest BCUT2D eigenvalue weighted by molar-refractivity contribution is -0.133. The second kappa shape index (κ2) is 8.30. The number of carbonyl (C=O) groups is 1. The number of hydrogen-bond acceptors (Lipinski definition) is 2. The van der Waals surface area contributed by atoms with Crippen molar-refractivity contribution in [3.63, 3.8) is 0 Å². The van der Waals surface area contributed by atoms with Crippen molar-refractivity contribution in [2.45, 2.75) is 32.1 Å². The molecule has 23 heavy (non-hydrogen) atoms. The van der Waals surface area contributed by atoms with Crippen LogP contribution in [0.4, 0.5) is 0 Å². The van der Waals surface area contributed by atoms with E-state index < -0.39 is 0 Å². The Balaban J connectivity index is 1.38. The highest BCUT2D eigenvalue weighted by molar-refractivity contribution is 5.76. The summed E-state index contributed by atoms with van der Waals surface area (Å²) in [5.74, 6) is 1.05. The molecule has 0 N–H and O–H groups in total. The summed E-state index contributed by atoms with van der Waals surface area (Å²) in [6.07, 6.45) is 10.3. The molecule has 0 spiro atoms. The third-order valence-electron chi connectivity index (χ3n) is 5.14. The van der Waals surface area contributed by atoms with Crippen LogP contribution >= 0.6 is 0 Å². The second-order valence-electron chi connectivity index (χ2n) is 6.85. The zero-order chi connectivity index (χ0) is 15.9. The van der Waals surface area contributed by atoms with Gasteiger partial charge in [0.15, 0.2) is 0 Å². The molecule has 1 aromatic carbocycles. The van der Waals surface area contributed by atoms with Crippen molar-refractivity contribution in [2.75, 3.05) is 32.7 Å². The molecule has 0 unspecified atom stereocenters. The molecule has 0 radical (unpaired) electrons. The van der Waals surface area contributed by atoms with Gasteiger partial charge in [0, 0.05) is 39.1 Å². The first-order valence-electron chi connectivity index (χ1n) is 9.03. The first kappa shape index (κ1) is 16.3. The van der Waals surface area contributed by atoms with E-state index in [1.165, 1.54) is 31.2 Å². The van der Waals surface area contributed by atoms with Crippen molar-refractivity contribution in [1.29, 1.82) is 0 Å². The van der Waals surface area contributed by atoms with E-state index in [1.807, 2.05) is 6.07 Å². The first-order chi connectivity index (χ1) is 11.3. The van der Waals surface area contributed by atoms with Crippen LogP contribution in [-0.4, -0.2) is 48.4 Å². The van der Waals surface area contributed by atoms with Crippen LogP contribution in [0.5, 0.6) is 0 Å². The highest BCUT2D eigenvalue weighted by atomic mass is 16.2. The molecular formula is C20H28N2O. The zero-order valence-corrected chi connectivity index (χ0v) is 14.0. The topological polar surface area (TPSA) is 23.6 Å². The van der Waals surface area contributed by atoms with E-state index in [9.17, 15) is 4.79 Å². The maximum absolute atomic E-state index is 12.4. The number of hydrogen-bond donors (Lipinski definition) is 0. The molecule has 3 heteroatoms. The number of carbonyl (C=O) groups excluding carboxylic acids is 1. The molecule has 1 heterocycles. The number of piperazine rings is 1. The standard InChI is InChI=1S/C20H28N2O/c23-20(17-19-9-4-5-10-19)22-15-13-21(14-16-22)12-6-11-18-7-2-1-3-8-18/h1-3,6-8,11,19H,4-5,9-10,12-17H2/b11-6+. The lowest BCUT2D eigenvalue weighted by Crippen LogP contribution is -2.48. The SMILES string of the molecule is O=C(CC1CCCC1)N1CCN(C/C=C/c2ccccc2)CC1. The van der Waals surface area contributed by atoms with Gasteiger partial charge in [-0.15, -0.1) is 0 Å². The quantitative estimate of drug-likeness (QED) is 0.831.